The summed E-state index contributed by atoms with van der Waals surface area (Å²) in [5.41, 5.74) is 19.4. The minimum absolute atomic E-state index is 0.556. The van der Waals surface area contributed by atoms with Crippen molar-refractivity contribution in [2.45, 2.75) is 5.41 Å². The molecule has 2 nitrogen and oxygen atoms in total. The lowest BCUT2D eigenvalue weighted by Gasteiger charge is -2.35. The Kier molecular flexibility index (Phi) is 7.11. The molecule has 0 radical (unpaired) electrons. The number of nitrogens with zero attached hydrogens (tertiary/aromatic N) is 2. The first kappa shape index (κ1) is 31.4. The lowest BCUT2D eigenvalue weighted by molar-refractivity contribution is 0.775. The second-order valence-electron chi connectivity index (χ2n) is 14.4. The van der Waals surface area contributed by atoms with Gasteiger partial charge in [0.05, 0.1) is 16.8 Å². The minimum Gasteiger partial charge on any atom is -0.228 e. The molecule has 2 aliphatic rings. The third-order valence-corrected chi connectivity index (χ3v) is 11.6. The summed E-state index contributed by atoms with van der Waals surface area (Å²) in [6, 6.07) is 74.6. The molecule has 0 N–H and O–H groups in total. The van der Waals surface area contributed by atoms with Crippen molar-refractivity contribution in [3.05, 3.63) is 229 Å². The van der Waals surface area contributed by atoms with Gasteiger partial charge in [-0.3, -0.25) is 0 Å². The van der Waals surface area contributed by atoms with Gasteiger partial charge in [0.25, 0.3) is 0 Å². The van der Waals surface area contributed by atoms with Gasteiger partial charge in [-0.05, 0) is 72.8 Å². The summed E-state index contributed by atoms with van der Waals surface area (Å²) in [5, 5.41) is 0. The van der Waals surface area contributed by atoms with Gasteiger partial charge in [-0.25, -0.2) is 9.97 Å². The minimum atomic E-state index is -0.556. The summed E-state index contributed by atoms with van der Waals surface area (Å²) in [5.74, 6) is 0.704. The molecule has 0 atom stereocenters. The Balaban J connectivity index is 1.19. The molecule has 1 heterocycles. The number of rotatable bonds is 4. The van der Waals surface area contributed by atoms with Gasteiger partial charge < -0.3 is 0 Å². The lowest BCUT2D eigenvalue weighted by atomic mass is 9.66. The van der Waals surface area contributed by atoms with Gasteiger partial charge in [-0.15, -0.1) is 0 Å². The van der Waals surface area contributed by atoms with Crippen LogP contribution in [-0.4, -0.2) is 9.97 Å². The molecule has 2 heteroatoms. The summed E-state index contributed by atoms with van der Waals surface area (Å²) in [6.45, 7) is 0. The number of hydrogen-bond donors (Lipinski definition) is 0. The molecule has 2 aliphatic carbocycles. The summed E-state index contributed by atoms with van der Waals surface area (Å²) in [7, 11) is 0. The van der Waals surface area contributed by atoms with Crippen molar-refractivity contribution in [3.8, 4) is 78.4 Å². The molecule has 9 aromatic rings. The average Bonchev–Trinajstić information content (AvgIpc) is 3.52. The molecule has 8 aromatic carbocycles. The number of hydrogen-bond acceptors (Lipinski definition) is 2. The maximum Gasteiger partial charge on any atom is 0.160 e. The summed E-state index contributed by atoms with van der Waals surface area (Å²) in [6.07, 6.45) is 0. The van der Waals surface area contributed by atoms with E-state index in [9.17, 15) is 0 Å². The van der Waals surface area contributed by atoms with Crippen molar-refractivity contribution >= 4 is 0 Å². The maximum absolute atomic E-state index is 5.41. The van der Waals surface area contributed by atoms with Crippen molar-refractivity contribution in [3.63, 3.8) is 0 Å². The van der Waals surface area contributed by atoms with E-state index in [1.165, 1.54) is 61.2 Å². The predicted molar refractivity (Wildman–Crippen MR) is 226 cm³/mol. The van der Waals surface area contributed by atoms with Crippen LogP contribution >= 0.6 is 0 Å². The van der Waals surface area contributed by atoms with Crippen LogP contribution < -0.4 is 0 Å². The molecular formula is C53H34N2. The molecule has 11 rings (SSSR count). The molecule has 0 saturated heterocycles. The zero-order chi connectivity index (χ0) is 36.3. The third-order valence-electron chi connectivity index (χ3n) is 11.6. The first-order valence-corrected chi connectivity index (χ1v) is 18.9. The monoisotopic (exact) mass is 698 g/mol. The highest BCUT2D eigenvalue weighted by Gasteiger charge is 2.50. The number of benzene rings is 8. The summed E-state index contributed by atoms with van der Waals surface area (Å²) in [4.78, 5) is 10.6. The Morgan fingerprint density at radius 2 is 0.691 bits per heavy atom. The van der Waals surface area contributed by atoms with E-state index in [1.807, 2.05) is 0 Å². The molecular weight excluding hydrogens is 665 g/mol. The summed E-state index contributed by atoms with van der Waals surface area (Å²) < 4.78 is 0. The standard InChI is InChI=1S/C53H34N2/c1-3-16-35(17-4-1)36-30-32-38(33-31-36)52-54-49(37-18-5-2-6-19-37)34-50(55-52)44-25-15-29-48-51(44)43-24-11-14-28-47(43)53(48)45-26-12-9-22-41(45)39-20-7-8-21-40(39)42-23-10-13-27-46(42)53/h1-34H. The third kappa shape index (κ3) is 4.75. The van der Waals surface area contributed by atoms with Crippen molar-refractivity contribution in [2.24, 2.45) is 0 Å². The molecule has 1 aromatic heterocycles. The first-order chi connectivity index (χ1) is 27.3. The average molecular weight is 699 g/mol. The van der Waals surface area contributed by atoms with Crippen LogP contribution in [0.15, 0.2) is 206 Å². The van der Waals surface area contributed by atoms with Crippen LogP contribution in [0.1, 0.15) is 22.3 Å². The van der Waals surface area contributed by atoms with Crippen LogP contribution in [0.5, 0.6) is 0 Å². The van der Waals surface area contributed by atoms with E-state index < -0.39 is 5.41 Å². The normalized spacial score (nSPS) is 12.9. The van der Waals surface area contributed by atoms with Gasteiger partial charge >= 0.3 is 0 Å². The fraction of sp³-hybridized carbons (Fsp3) is 0.0189. The molecule has 0 amide bonds. The Morgan fingerprint density at radius 1 is 0.273 bits per heavy atom. The fourth-order valence-electron chi connectivity index (χ4n) is 9.22. The van der Waals surface area contributed by atoms with Crippen molar-refractivity contribution in [1.82, 2.24) is 9.97 Å². The second-order valence-corrected chi connectivity index (χ2v) is 14.4. The van der Waals surface area contributed by atoms with E-state index in [4.69, 9.17) is 9.97 Å². The van der Waals surface area contributed by atoms with E-state index in [1.54, 1.807) is 0 Å². The Labute approximate surface area is 321 Å². The van der Waals surface area contributed by atoms with Crippen LogP contribution in [0.3, 0.4) is 0 Å². The quantitative estimate of drug-likeness (QED) is 0.183. The molecule has 0 fully saturated rings. The zero-order valence-electron chi connectivity index (χ0n) is 30.0. The van der Waals surface area contributed by atoms with Crippen LogP contribution in [-0.2, 0) is 5.41 Å². The highest BCUT2D eigenvalue weighted by molar-refractivity contribution is 6.00. The molecule has 55 heavy (non-hydrogen) atoms. The van der Waals surface area contributed by atoms with Crippen LogP contribution in [0.2, 0.25) is 0 Å². The largest absolute Gasteiger partial charge is 0.228 e. The number of fused-ring (bicyclic) bond motifs is 12. The van der Waals surface area contributed by atoms with Crippen molar-refractivity contribution < 1.29 is 0 Å². The Morgan fingerprint density at radius 3 is 1.31 bits per heavy atom. The topological polar surface area (TPSA) is 25.8 Å². The number of aromatic nitrogens is 2. The van der Waals surface area contributed by atoms with Gasteiger partial charge in [0.2, 0.25) is 0 Å². The van der Waals surface area contributed by atoms with Crippen molar-refractivity contribution in [1.29, 1.82) is 0 Å². The van der Waals surface area contributed by atoms with E-state index in [0.29, 0.717) is 5.82 Å². The van der Waals surface area contributed by atoms with Crippen LogP contribution in [0, 0.1) is 0 Å². The van der Waals surface area contributed by atoms with Gasteiger partial charge in [-0.2, -0.15) is 0 Å². The van der Waals surface area contributed by atoms with Gasteiger partial charge in [0, 0.05) is 16.7 Å². The van der Waals surface area contributed by atoms with E-state index in [2.05, 4.69) is 206 Å². The van der Waals surface area contributed by atoms with E-state index in [0.717, 1.165) is 33.6 Å². The van der Waals surface area contributed by atoms with Crippen molar-refractivity contribution in [2.75, 3.05) is 0 Å². The predicted octanol–water partition coefficient (Wildman–Crippen LogP) is 13.2. The second kappa shape index (κ2) is 12.5. The Hall–Kier alpha value is -7.16. The first-order valence-electron chi connectivity index (χ1n) is 18.9. The fourth-order valence-corrected chi connectivity index (χ4v) is 9.22. The smallest absolute Gasteiger partial charge is 0.160 e. The molecule has 0 unspecified atom stereocenters. The molecule has 0 bridgehead atoms. The van der Waals surface area contributed by atoms with E-state index >= 15 is 0 Å². The maximum atomic E-state index is 5.41. The molecule has 0 saturated carbocycles. The molecule has 1 spiro atoms. The highest BCUT2D eigenvalue weighted by atomic mass is 14.9. The zero-order valence-corrected chi connectivity index (χ0v) is 30.0. The SMILES string of the molecule is c1ccc(-c2ccc(-c3nc(-c4ccccc4)cc(-c4cccc5c4-c4ccccc4C54c5ccccc5-c5ccccc5-c5ccccc54)n3)cc2)cc1. The van der Waals surface area contributed by atoms with Crippen LogP contribution in [0.4, 0.5) is 0 Å². The molecule has 256 valence electrons. The highest BCUT2D eigenvalue weighted by Crippen LogP contribution is 2.62. The van der Waals surface area contributed by atoms with Gasteiger partial charge in [0.15, 0.2) is 5.82 Å². The Bertz CT molecular complexity index is 2840. The van der Waals surface area contributed by atoms with Crippen LogP contribution in [0.25, 0.3) is 78.4 Å². The van der Waals surface area contributed by atoms with Gasteiger partial charge in [0.1, 0.15) is 0 Å². The van der Waals surface area contributed by atoms with E-state index in [-0.39, 0.29) is 0 Å². The lowest BCUT2D eigenvalue weighted by Crippen LogP contribution is -2.29. The summed E-state index contributed by atoms with van der Waals surface area (Å²) >= 11 is 0. The molecule has 0 aliphatic heterocycles. The van der Waals surface area contributed by atoms with Gasteiger partial charge in [-0.1, -0.05) is 200 Å².